The first-order chi connectivity index (χ1) is 22.8. The van der Waals surface area contributed by atoms with Crippen LogP contribution in [0.4, 0.5) is 0 Å². The van der Waals surface area contributed by atoms with Crippen molar-refractivity contribution in [3.05, 3.63) is 170 Å². The molecule has 0 radical (unpaired) electrons. The van der Waals surface area contributed by atoms with Gasteiger partial charge < -0.3 is 0 Å². The zero-order chi connectivity index (χ0) is 30.2. The lowest BCUT2D eigenvalue weighted by Crippen LogP contribution is -1.88. The van der Waals surface area contributed by atoms with Crippen LogP contribution >= 0.6 is 0 Å². The molecule has 0 aliphatic carbocycles. The molecule has 0 fully saturated rings. The van der Waals surface area contributed by atoms with Crippen molar-refractivity contribution in [2.24, 2.45) is 0 Å². The molecule has 0 amide bonds. The van der Waals surface area contributed by atoms with Crippen LogP contribution in [0.3, 0.4) is 0 Å². The van der Waals surface area contributed by atoms with E-state index in [9.17, 15) is 0 Å². The van der Waals surface area contributed by atoms with E-state index in [0.717, 1.165) is 0 Å². The van der Waals surface area contributed by atoms with Gasteiger partial charge in [-0.3, -0.25) is 0 Å². The number of hydrogen-bond donors (Lipinski definition) is 0. The number of rotatable bonds is 2. The summed E-state index contributed by atoms with van der Waals surface area (Å²) in [5.74, 6) is 0. The molecule has 0 heterocycles. The molecule has 0 aliphatic rings. The lowest BCUT2D eigenvalue weighted by molar-refractivity contribution is 1.68. The van der Waals surface area contributed by atoms with Crippen LogP contribution in [0.1, 0.15) is 0 Å². The molecule has 0 bridgehead atoms. The second-order valence-corrected chi connectivity index (χ2v) is 12.5. The number of benzene rings is 10. The SMILES string of the molecule is c1ccc2c(c1)ccc1cc(-c3ccc4ccc(-c5cc6ccccc6c6c5ccc5ccccc56)cc4c3)c3ccccc3c12. The number of hydrogen-bond acceptors (Lipinski definition) is 0. The first-order valence-electron chi connectivity index (χ1n) is 16.0. The molecular formula is C46H28. The molecule has 212 valence electrons. The summed E-state index contributed by atoms with van der Waals surface area (Å²) in [5.41, 5.74) is 5.03. The lowest BCUT2D eigenvalue weighted by Gasteiger charge is -2.15. The summed E-state index contributed by atoms with van der Waals surface area (Å²) < 4.78 is 0. The highest BCUT2D eigenvalue weighted by Gasteiger charge is 2.14. The maximum atomic E-state index is 2.39. The van der Waals surface area contributed by atoms with Gasteiger partial charge in [0.2, 0.25) is 0 Å². The molecule has 0 N–H and O–H groups in total. The Bertz CT molecular complexity index is 2840. The van der Waals surface area contributed by atoms with Gasteiger partial charge in [-0.15, -0.1) is 0 Å². The summed E-state index contributed by atoms with van der Waals surface area (Å²) in [5, 5.41) is 18.0. The van der Waals surface area contributed by atoms with Crippen molar-refractivity contribution < 1.29 is 0 Å². The molecule has 0 heteroatoms. The summed E-state index contributed by atoms with van der Waals surface area (Å²) in [7, 11) is 0. The maximum Gasteiger partial charge on any atom is -0.00206 e. The van der Waals surface area contributed by atoms with E-state index in [4.69, 9.17) is 0 Å². The van der Waals surface area contributed by atoms with E-state index in [-0.39, 0.29) is 0 Å². The third-order valence-corrected chi connectivity index (χ3v) is 9.96. The molecule has 0 saturated carbocycles. The third kappa shape index (κ3) is 3.74. The standard InChI is InChI=1S/C46H28/c1-4-12-37-30(9-1)19-22-35-28-43(40-15-7-8-16-41(40)45(35)37)33-20-17-29-18-21-34(26-36(29)25-33)44-27-32-11-3-6-14-39(32)46-38-13-5-2-10-31(38)23-24-42(44)46/h1-28H. The van der Waals surface area contributed by atoms with Gasteiger partial charge in [-0.1, -0.05) is 146 Å². The Kier molecular flexibility index (Phi) is 5.38. The minimum absolute atomic E-state index is 1.24. The van der Waals surface area contributed by atoms with Crippen molar-refractivity contribution in [3.8, 4) is 22.3 Å². The predicted octanol–water partition coefficient (Wildman–Crippen LogP) is 13.1. The summed E-state index contributed by atoms with van der Waals surface area (Å²) in [4.78, 5) is 0. The zero-order valence-electron chi connectivity index (χ0n) is 25.2. The molecule has 10 rings (SSSR count). The molecule has 0 atom stereocenters. The Morgan fingerprint density at radius 1 is 0.217 bits per heavy atom. The van der Waals surface area contributed by atoms with Gasteiger partial charge in [0.05, 0.1) is 0 Å². The van der Waals surface area contributed by atoms with Crippen molar-refractivity contribution in [3.63, 3.8) is 0 Å². The Balaban J connectivity index is 1.21. The highest BCUT2D eigenvalue weighted by atomic mass is 14.2. The van der Waals surface area contributed by atoms with Crippen LogP contribution in [0.15, 0.2) is 170 Å². The van der Waals surface area contributed by atoms with Gasteiger partial charge in [0.15, 0.2) is 0 Å². The van der Waals surface area contributed by atoms with E-state index < -0.39 is 0 Å². The van der Waals surface area contributed by atoms with Crippen molar-refractivity contribution in [2.45, 2.75) is 0 Å². The van der Waals surface area contributed by atoms with Crippen molar-refractivity contribution >= 4 is 75.4 Å². The third-order valence-electron chi connectivity index (χ3n) is 9.96. The fourth-order valence-electron chi connectivity index (χ4n) is 7.81. The van der Waals surface area contributed by atoms with E-state index in [1.807, 2.05) is 0 Å². The van der Waals surface area contributed by atoms with Gasteiger partial charge in [-0.2, -0.15) is 0 Å². The molecule has 0 spiro atoms. The molecular weight excluding hydrogens is 553 g/mol. The van der Waals surface area contributed by atoms with Crippen LogP contribution in [-0.2, 0) is 0 Å². The van der Waals surface area contributed by atoms with Gasteiger partial charge in [0, 0.05) is 0 Å². The Morgan fingerprint density at radius 3 is 1.37 bits per heavy atom. The highest BCUT2D eigenvalue weighted by Crippen LogP contribution is 2.42. The summed E-state index contributed by atoms with van der Waals surface area (Å²) in [6.07, 6.45) is 0. The van der Waals surface area contributed by atoms with E-state index in [2.05, 4.69) is 170 Å². The van der Waals surface area contributed by atoms with Gasteiger partial charge >= 0.3 is 0 Å². The fraction of sp³-hybridized carbons (Fsp3) is 0. The largest absolute Gasteiger partial charge is 0.0616 e. The van der Waals surface area contributed by atoms with Crippen LogP contribution in [0.2, 0.25) is 0 Å². The summed E-state index contributed by atoms with van der Waals surface area (Å²) >= 11 is 0. The van der Waals surface area contributed by atoms with Crippen LogP contribution in [-0.4, -0.2) is 0 Å². The van der Waals surface area contributed by atoms with Crippen LogP contribution in [0, 0.1) is 0 Å². The van der Waals surface area contributed by atoms with Gasteiger partial charge in [0.25, 0.3) is 0 Å². The van der Waals surface area contributed by atoms with Crippen LogP contribution in [0.5, 0.6) is 0 Å². The zero-order valence-corrected chi connectivity index (χ0v) is 25.2. The molecule has 10 aromatic carbocycles. The van der Waals surface area contributed by atoms with Gasteiger partial charge in [-0.05, 0) is 122 Å². The van der Waals surface area contributed by atoms with E-state index in [0.29, 0.717) is 0 Å². The van der Waals surface area contributed by atoms with Crippen LogP contribution < -0.4 is 0 Å². The van der Waals surface area contributed by atoms with Gasteiger partial charge in [0.1, 0.15) is 0 Å². The Morgan fingerprint density at radius 2 is 0.674 bits per heavy atom. The minimum Gasteiger partial charge on any atom is -0.0616 e. The summed E-state index contributed by atoms with van der Waals surface area (Å²) in [6, 6.07) is 62.9. The smallest absolute Gasteiger partial charge is 0.00206 e. The average Bonchev–Trinajstić information content (AvgIpc) is 3.13. The molecule has 10 aromatic rings. The second kappa shape index (κ2) is 9.76. The quantitative estimate of drug-likeness (QED) is 0.178. The first-order valence-corrected chi connectivity index (χ1v) is 16.0. The van der Waals surface area contributed by atoms with E-state index in [1.54, 1.807) is 0 Å². The topological polar surface area (TPSA) is 0 Å². The Hall–Kier alpha value is -5.98. The molecule has 0 unspecified atom stereocenters. The highest BCUT2D eigenvalue weighted by molar-refractivity contribution is 6.25. The monoisotopic (exact) mass is 580 g/mol. The lowest BCUT2D eigenvalue weighted by atomic mass is 9.88. The van der Waals surface area contributed by atoms with Crippen molar-refractivity contribution in [2.75, 3.05) is 0 Å². The van der Waals surface area contributed by atoms with Crippen molar-refractivity contribution in [1.82, 2.24) is 0 Å². The minimum atomic E-state index is 1.24. The number of fused-ring (bicyclic) bond motifs is 11. The fourth-order valence-corrected chi connectivity index (χ4v) is 7.81. The summed E-state index contributed by atoms with van der Waals surface area (Å²) in [6.45, 7) is 0. The van der Waals surface area contributed by atoms with Crippen LogP contribution in [0.25, 0.3) is 97.7 Å². The van der Waals surface area contributed by atoms with E-state index >= 15 is 0 Å². The van der Waals surface area contributed by atoms with Gasteiger partial charge in [-0.25, -0.2) is 0 Å². The van der Waals surface area contributed by atoms with Crippen molar-refractivity contribution in [1.29, 1.82) is 0 Å². The normalized spacial score (nSPS) is 11.9. The molecule has 0 nitrogen and oxygen atoms in total. The first kappa shape index (κ1) is 25.4. The Labute approximate surface area is 266 Å². The molecule has 0 aromatic heterocycles. The maximum absolute atomic E-state index is 2.39. The van der Waals surface area contributed by atoms with E-state index in [1.165, 1.54) is 97.7 Å². The average molecular weight is 581 g/mol. The second-order valence-electron chi connectivity index (χ2n) is 12.5. The molecule has 0 saturated heterocycles. The predicted molar refractivity (Wildman–Crippen MR) is 200 cm³/mol. The molecule has 46 heavy (non-hydrogen) atoms. The molecule has 0 aliphatic heterocycles.